The van der Waals surface area contributed by atoms with Crippen LogP contribution in [0.1, 0.15) is 43.5 Å². The van der Waals surface area contributed by atoms with Gasteiger partial charge in [-0.15, -0.1) is 0 Å². The third-order valence-electron chi connectivity index (χ3n) is 5.55. The monoisotopic (exact) mass is 311 g/mol. The van der Waals surface area contributed by atoms with Crippen molar-refractivity contribution in [3.05, 3.63) is 36.0 Å². The summed E-state index contributed by atoms with van der Waals surface area (Å²) in [5, 5.41) is 1.03. The number of aromatic amines is 1. The van der Waals surface area contributed by atoms with Crippen molar-refractivity contribution in [2.75, 3.05) is 13.1 Å². The van der Waals surface area contributed by atoms with E-state index in [2.05, 4.69) is 28.6 Å². The molecule has 2 fully saturated rings. The first-order valence-electron chi connectivity index (χ1n) is 8.78. The molecule has 4 rings (SSSR count). The third kappa shape index (κ3) is 2.45. The van der Waals surface area contributed by atoms with Crippen molar-refractivity contribution in [3.8, 4) is 0 Å². The second kappa shape index (κ2) is 5.68. The maximum Gasteiger partial charge on any atom is 0.254 e. The smallest absolute Gasteiger partial charge is 0.254 e. The van der Waals surface area contributed by atoms with E-state index in [1.165, 1.54) is 12.8 Å². The average Bonchev–Trinajstić information content (AvgIpc) is 3.10. The molecule has 2 aliphatic heterocycles. The second-order valence-corrected chi connectivity index (χ2v) is 7.21. The van der Waals surface area contributed by atoms with Gasteiger partial charge in [0.1, 0.15) is 0 Å². The van der Waals surface area contributed by atoms with Crippen LogP contribution in [0.2, 0.25) is 0 Å². The first-order chi connectivity index (χ1) is 11.1. The summed E-state index contributed by atoms with van der Waals surface area (Å²) in [6, 6.07) is 9.70. The molecule has 2 bridgehead atoms. The quantitative estimate of drug-likeness (QED) is 0.924. The minimum Gasteiger partial charge on any atom is -0.361 e. The fourth-order valence-electron chi connectivity index (χ4n) is 4.58. The van der Waals surface area contributed by atoms with Crippen LogP contribution in [0.15, 0.2) is 30.5 Å². The van der Waals surface area contributed by atoms with Crippen LogP contribution >= 0.6 is 0 Å². The molecule has 2 saturated heterocycles. The molecule has 122 valence electrons. The lowest BCUT2D eigenvalue weighted by atomic mass is 10.1. The van der Waals surface area contributed by atoms with Crippen molar-refractivity contribution in [1.82, 2.24) is 14.8 Å². The van der Waals surface area contributed by atoms with Crippen LogP contribution in [0, 0.1) is 0 Å². The first-order valence-corrected chi connectivity index (χ1v) is 8.78. The predicted molar refractivity (Wildman–Crippen MR) is 92.6 cm³/mol. The van der Waals surface area contributed by atoms with Gasteiger partial charge in [0, 0.05) is 53.9 Å². The number of amides is 1. The van der Waals surface area contributed by atoms with Crippen molar-refractivity contribution in [2.24, 2.45) is 0 Å². The number of aromatic nitrogens is 1. The minimum atomic E-state index is 0.187. The predicted octanol–water partition coefficient (Wildman–Crippen LogP) is 3.26. The Kier molecular flexibility index (Phi) is 3.64. The zero-order valence-corrected chi connectivity index (χ0v) is 14.0. The number of H-pyrrole nitrogens is 1. The lowest BCUT2D eigenvalue weighted by Crippen LogP contribution is -2.44. The molecular weight excluding hydrogens is 286 g/mol. The van der Waals surface area contributed by atoms with Crippen LogP contribution in [-0.2, 0) is 0 Å². The van der Waals surface area contributed by atoms with Gasteiger partial charge in [0.05, 0.1) is 0 Å². The number of fused-ring (bicyclic) bond motifs is 3. The summed E-state index contributed by atoms with van der Waals surface area (Å²) in [5.74, 6) is 0.187. The zero-order chi connectivity index (χ0) is 16.0. The van der Waals surface area contributed by atoms with E-state index in [-0.39, 0.29) is 5.91 Å². The standard InChI is InChI=1S/C19H25N3O/c1-13(2)22-14-6-7-15(22)12-21(11-9-14)19(23)17-4-3-5-18-16(17)8-10-20-18/h3-5,8,10,13-15,20H,6-7,9,11-12H2,1-2H3/t14-,15-/m0/s1. The van der Waals surface area contributed by atoms with Crippen molar-refractivity contribution in [1.29, 1.82) is 0 Å². The fraction of sp³-hybridized carbons (Fsp3) is 0.526. The van der Waals surface area contributed by atoms with E-state index in [4.69, 9.17) is 0 Å². The molecule has 0 unspecified atom stereocenters. The molecule has 1 aromatic carbocycles. The molecule has 3 heterocycles. The highest BCUT2D eigenvalue weighted by Crippen LogP contribution is 2.32. The summed E-state index contributed by atoms with van der Waals surface area (Å²) >= 11 is 0. The summed E-state index contributed by atoms with van der Waals surface area (Å²) in [4.78, 5) is 21.0. The normalized spacial score (nSPS) is 25.3. The number of nitrogens with one attached hydrogen (secondary N) is 1. The molecule has 2 aromatic rings. The highest BCUT2D eigenvalue weighted by atomic mass is 16.2. The molecule has 0 aliphatic carbocycles. The van der Waals surface area contributed by atoms with Gasteiger partial charge in [-0.05, 0) is 51.3 Å². The molecule has 2 atom stereocenters. The number of likely N-dealkylation sites (tertiary alicyclic amines) is 1. The van der Waals surface area contributed by atoms with E-state index in [1.54, 1.807) is 0 Å². The van der Waals surface area contributed by atoms with Crippen LogP contribution in [0.25, 0.3) is 10.9 Å². The van der Waals surface area contributed by atoms with Crippen LogP contribution in [0.3, 0.4) is 0 Å². The van der Waals surface area contributed by atoms with Crippen LogP contribution in [0.4, 0.5) is 0 Å². The highest BCUT2D eigenvalue weighted by Gasteiger charge is 2.39. The fourth-order valence-corrected chi connectivity index (χ4v) is 4.58. The zero-order valence-electron chi connectivity index (χ0n) is 14.0. The molecule has 1 N–H and O–H groups in total. The van der Waals surface area contributed by atoms with Crippen molar-refractivity contribution >= 4 is 16.8 Å². The number of rotatable bonds is 2. The molecule has 0 saturated carbocycles. The number of hydrogen-bond acceptors (Lipinski definition) is 2. The van der Waals surface area contributed by atoms with E-state index in [0.29, 0.717) is 18.1 Å². The summed E-state index contributed by atoms with van der Waals surface area (Å²) < 4.78 is 0. The first kappa shape index (κ1) is 14.8. The molecule has 1 amide bonds. The summed E-state index contributed by atoms with van der Waals surface area (Å²) in [6.07, 6.45) is 5.52. The molecule has 2 aliphatic rings. The molecule has 4 heteroatoms. The Morgan fingerprint density at radius 1 is 1.17 bits per heavy atom. The van der Waals surface area contributed by atoms with E-state index < -0.39 is 0 Å². The van der Waals surface area contributed by atoms with Crippen LogP contribution in [0.5, 0.6) is 0 Å². The molecule has 0 spiro atoms. The van der Waals surface area contributed by atoms with Gasteiger partial charge in [-0.25, -0.2) is 0 Å². The summed E-state index contributed by atoms with van der Waals surface area (Å²) in [6.45, 7) is 6.31. The largest absolute Gasteiger partial charge is 0.361 e. The minimum absolute atomic E-state index is 0.187. The Labute approximate surface area is 137 Å². The summed E-state index contributed by atoms with van der Waals surface area (Å²) in [7, 11) is 0. The number of hydrogen-bond donors (Lipinski definition) is 1. The summed E-state index contributed by atoms with van der Waals surface area (Å²) in [5.41, 5.74) is 1.87. The van der Waals surface area contributed by atoms with Gasteiger partial charge in [-0.3, -0.25) is 9.69 Å². The van der Waals surface area contributed by atoms with Crippen molar-refractivity contribution in [3.63, 3.8) is 0 Å². The number of carbonyl (C=O) groups excluding carboxylic acids is 1. The van der Waals surface area contributed by atoms with Gasteiger partial charge in [0.15, 0.2) is 0 Å². The maximum atomic E-state index is 13.1. The number of nitrogens with zero attached hydrogens (tertiary/aromatic N) is 2. The maximum absolute atomic E-state index is 13.1. The van der Waals surface area contributed by atoms with Gasteiger partial charge >= 0.3 is 0 Å². The van der Waals surface area contributed by atoms with E-state index in [9.17, 15) is 4.79 Å². The van der Waals surface area contributed by atoms with Gasteiger partial charge < -0.3 is 9.88 Å². The van der Waals surface area contributed by atoms with E-state index >= 15 is 0 Å². The van der Waals surface area contributed by atoms with E-state index in [0.717, 1.165) is 36.0 Å². The second-order valence-electron chi connectivity index (χ2n) is 7.21. The average molecular weight is 311 g/mol. The Bertz CT molecular complexity index is 720. The number of benzene rings is 1. The molecule has 1 aromatic heterocycles. The Morgan fingerprint density at radius 2 is 2.00 bits per heavy atom. The third-order valence-corrected chi connectivity index (χ3v) is 5.55. The SMILES string of the molecule is CC(C)N1[C@H]2CC[C@H]1CN(C(=O)c1cccc3[nH]ccc13)CC2. The molecule has 4 nitrogen and oxygen atoms in total. The van der Waals surface area contributed by atoms with Gasteiger partial charge in [-0.1, -0.05) is 6.07 Å². The van der Waals surface area contributed by atoms with Gasteiger partial charge in [0.25, 0.3) is 5.91 Å². The van der Waals surface area contributed by atoms with Crippen molar-refractivity contribution in [2.45, 2.75) is 51.2 Å². The van der Waals surface area contributed by atoms with Gasteiger partial charge in [0.2, 0.25) is 0 Å². The molecule has 23 heavy (non-hydrogen) atoms. The van der Waals surface area contributed by atoms with Gasteiger partial charge in [-0.2, -0.15) is 0 Å². The van der Waals surface area contributed by atoms with Crippen molar-refractivity contribution < 1.29 is 4.79 Å². The number of carbonyl (C=O) groups is 1. The Hall–Kier alpha value is -1.81. The van der Waals surface area contributed by atoms with Crippen LogP contribution < -0.4 is 0 Å². The topological polar surface area (TPSA) is 39.3 Å². The lowest BCUT2D eigenvalue weighted by molar-refractivity contribution is 0.0730. The highest BCUT2D eigenvalue weighted by molar-refractivity contribution is 6.06. The lowest BCUT2D eigenvalue weighted by Gasteiger charge is -2.32. The molecular formula is C19H25N3O. The molecule has 0 radical (unpaired) electrons. The Balaban J connectivity index is 1.61. The Morgan fingerprint density at radius 3 is 2.83 bits per heavy atom. The van der Waals surface area contributed by atoms with E-state index in [1.807, 2.05) is 30.5 Å². The van der Waals surface area contributed by atoms with Crippen LogP contribution in [-0.4, -0.2) is 51.9 Å².